The Hall–Kier alpha value is -1.65. The third kappa shape index (κ3) is 3.19. The molecule has 1 heterocycles. The van der Waals surface area contributed by atoms with E-state index in [1.54, 1.807) is 6.08 Å². The highest BCUT2D eigenvalue weighted by molar-refractivity contribution is 6.36. The van der Waals surface area contributed by atoms with Crippen LogP contribution in [0.15, 0.2) is 17.8 Å². The van der Waals surface area contributed by atoms with Crippen LogP contribution in [0.3, 0.4) is 0 Å². The Labute approximate surface area is 88.1 Å². The van der Waals surface area contributed by atoms with Gasteiger partial charge in [0.15, 0.2) is 0 Å². The van der Waals surface area contributed by atoms with E-state index in [9.17, 15) is 9.59 Å². The van der Waals surface area contributed by atoms with Gasteiger partial charge in [-0.05, 0) is 12.8 Å². The summed E-state index contributed by atoms with van der Waals surface area (Å²) in [6.45, 7) is 4.03. The number of unbranched alkanes of at least 4 members (excludes halogenated alkanes) is 1. The molecule has 0 aliphatic carbocycles. The van der Waals surface area contributed by atoms with Crippen LogP contribution < -0.4 is 0 Å². The van der Waals surface area contributed by atoms with Gasteiger partial charge in [0.1, 0.15) is 5.71 Å². The molecule has 1 aliphatic rings. The molecule has 0 fully saturated rings. The molecule has 1 aliphatic heterocycles. The van der Waals surface area contributed by atoms with Gasteiger partial charge >= 0.3 is 5.97 Å². The fraction of sp³-hybridized carbons (Fsp3) is 0.500. The predicted octanol–water partition coefficient (Wildman–Crippen LogP) is 1.02. The summed E-state index contributed by atoms with van der Waals surface area (Å²) in [6.07, 6.45) is 3.77. The van der Waals surface area contributed by atoms with Crippen molar-refractivity contribution < 1.29 is 14.7 Å². The van der Waals surface area contributed by atoms with Gasteiger partial charge in [-0.1, -0.05) is 6.08 Å². The Kier molecular flexibility index (Phi) is 4.03. The smallest absolute Gasteiger partial charge is 0.352 e. The number of carbonyl (C=O) groups excluding carboxylic acids is 1. The number of amides is 1. The number of hydrogen-bond donors (Lipinski definition) is 1. The molecule has 0 saturated heterocycles. The molecule has 1 amide bonds. The summed E-state index contributed by atoms with van der Waals surface area (Å²) < 4.78 is 0. The summed E-state index contributed by atoms with van der Waals surface area (Å²) in [6, 6.07) is 0. The van der Waals surface area contributed by atoms with Crippen LogP contribution in [0.25, 0.3) is 0 Å². The summed E-state index contributed by atoms with van der Waals surface area (Å²) in [5.74, 6) is -1.15. The van der Waals surface area contributed by atoms with Crippen LogP contribution in [-0.2, 0) is 9.59 Å². The van der Waals surface area contributed by atoms with Crippen LogP contribution in [0.2, 0.25) is 0 Å². The second-order valence-corrected chi connectivity index (χ2v) is 3.30. The number of aliphatic carboxylic acids is 1. The van der Waals surface area contributed by atoms with Gasteiger partial charge in [-0.2, -0.15) is 5.10 Å². The second-order valence-electron chi connectivity index (χ2n) is 3.30. The third-order valence-electron chi connectivity index (χ3n) is 2.13. The third-order valence-corrected chi connectivity index (χ3v) is 2.13. The number of hydrazone groups is 1. The van der Waals surface area contributed by atoms with E-state index in [4.69, 9.17) is 5.11 Å². The van der Waals surface area contributed by atoms with Crippen molar-refractivity contribution in [1.82, 2.24) is 5.01 Å². The van der Waals surface area contributed by atoms with Crippen LogP contribution in [0.4, 0.5) is 0 Å². The number of rotatable bonds is 5. The summed E-state index contributed by atoms with van der Waals surface area (Å²) in [5, 5.41) is 13.8. The molecule has 0 aromatic carbocycles. The fourth-order valence-corrected chi connectivity index (χ4v) is 1.32. The number of hydrogen-bond acceptors (Lipinski definition) is 3. The molecule has 0 aromatic heterocycles. The first-order valence-electron chi connectivity index (χ1n) is 4.87. The SMILES string of the molecule is C=CCCCN1N=C(C(=O)O)CCC1=O. The van der Waals surface area contributed by atoms with Crippen LogP contribution in [-0.4, -0.2) is 34.2 Å². The van der Waals surface area contributed by atoms with Crippen molar-refractivity contribution in [3.8, 4) is 0 Å². The van der Waals surface area contributed by atoms with Crippen LogP contribution in [0, 0.1) is 0 Å². The largest absolute Gasteiger partial charge is 0.477 e. The van der Waals surface area contributed by atoms with Crippen molar-refractivity contribution in [1.29, 1.82) is 0 Å². The van der Waals surface area contributed by atoms with E-state index in [1.165, 1.54) is 5.01 Å². The van der Waals surface area contributed by atoms with Crippen molar-refractivity contribution in [3.05, 3.63) is 12.7 Å². The summed E-state index contributed by atoms with van der Waals surface area (Å²) >= 11 is 0. The Morgan fingerprint density at radius 1 is 1.60 bits per heavy atom. The number of carboxylic acids is 1. The van der Waals surface area contributed by atoms with Crippen molar-refractivity contribution in [3.63, 3.8) is 0 Å². The molecule has 0 saturated carbocycles. The molecule has 5 nitrogen and oxygen atoms in total. The molecule has 0 bridgehead atoms. The molecular formula is C10H14N2O3. The molecule has 1 N–H and O–H groups in total. The monoisotopic (exact) mass is 210 g/mol. The van der Waals surface area contributed by atoms with Crippen molar-refractivity contribution in [2.75, 3.05) is 6.54 Å². The van der Waals surface area contributed by atoms with Crippen LogP contribution in [0.5, 0.6) is 0 Å². The molecule has 0 spiro atoms. The molecule has 5 heteroatoms. The first kappa shape index (κ1) is 11.4. The van der Waals surface area contributed by atoms with Gasteiger partial charge in [0.05, 0.1) is 0 Å². The van der Waals surface area contributed by atoms with Crippen LogP contribution in [0.1, 0.15) is 25.7 Å². The average Bonchev–Trinajstić information content (AvgIpc) is 2.20. The van der Waals surface area contributed by atoms with E-state index in [1.807, 2.05) is 0 Å². The molecule has 15 heavy (non-hydrogen) atoms. The zero-order valence-electron chi connectivity index (χ0n) is 8.48. The lowest BCUT2D eigenvalue weighted by molar-refractivity contribution is -0.132. The van der Waals surface area contributed by atoms with Gasteiger partial charge in [0.2, 0.25) is 5.91 Å². The maximum Gasteiger partial charge on any atom is 0.352 e. The van der Waals surface area contributed by atoms with Gasteiger partial charge in [-0.25, -0.2) is 9.80 Å². The predicted molar refractivity (Wildman–Crippen MR) is 55.4 cm³/mol. The Morgan fingerprint density at radius 2 is 2.33 bits per heavy atom. The first-order chi connectivity index (χ1) is 7.15. The van der Waals surface area contributed by atoms with Crippen molar-refractivity contribution in [2.24, 2.45) is 5.10 Å². The zero-order valence-corrected chi connectivity index (χ0v) is 8.48. The van der Waals surface area contributed by atoms with E-state index in [2.05, 4.69) is 11.7 Å². The molecule has 0 unspecified atom stereocenters. The van der Waals surface area contributed by atoms with E-state index in [0.29, 0.717) is 6.54 Å². The lowest BCUT2D eigenvalue weighted by Gasteiger charge is -2.21. The fourth-order valence-electron chi connectivity index (χ4n) is 1.32. The Bertz CT molecular complexity index is 310. The van der Waals surface area contributed by atoms with Gasteiger partial charge in [-0.3, -0.25) is 4.79 Å². The Balaban J connectivity index is 2.59. The van der Waals surface area contributed by atoms with E-state index < -0.39 is 5.97 Å². The summed E-state index contributed by atoms with van der Waals surface area (Å²) in [4.78, 5) is 22.0. The number of carbonyl (C=O) groups is 2. The Morgan fingerprint density at radius 3 is 2.93 bits per heavy atom. The zero-order chi connectivity index (χ0) is 11.3. The summed E-state index contributed by atoms with van der Waals surface area (Å²) in [7, 11) is 0. The molecule has 82 valence electrons. The standard InChI is InChI=1S/C10H14N2O3/c1-2-3-4-7-12-9(13)6-5-8(11-12)10(14)15/h2H,1,3-7H2,(H,14,15). The van der Waals surface area contributed by atoms with Gasteiger partial charge in [-0.15, -0.1) is 6.58 Å². The highest BCUT2D eigenvalue weighted by atomic mass is 16.4. The average molecular weight is 210 g/mol. The molecule has 1 rings (SSSR count). The van der Waals surface area contributed by atoms with Crippen LogP contribution >= 0.6 is 0 Å². The van der Waals surface area contributed by atoms with E-state index in [0.717, 1.165) is 12.8 Å². The normalized spacial score (nSPS) is 16.1. The lowest BCUT2D eigenvalue weighted by atomic mass is 10.1. The molecular weight excluding hydrogens is 196 g/mol. The molecule has 0 aromatic rings. The lowest BCUT2D eigenvalue weighted by Crippen LogP contribution is -2.34. The van der Waals surface area contributed by atoms with Crippen molar-refractivity contribution in [2.45, 2.75) is 25.7 Å². The van der Waals surface area contributed by atoms with Gasteiger partial charge < -0.3 is 5.11 Å². The highest BCUT2D eigenvalue weighted by Gasteiger charge is 2.23. The quantitative estimate of drug-likeness (QED) is 0.544. The van der Waals surface area contributed by atoms with Gasteiger partial charge in [0, 0.05) is 19.4 Å². The minimum atomic E-state index is -1.05. The topological polar surface area (TPSA) is 70.0 Å². The van der Waals surface area contributed by atoms with E-state index >= 15 is 0 Å². The number of allylic oxidation sites excluding steroid dienone is 1. The molecule has 0 radical (unpaired) electrons. The summed E-state index contributed by atoms with van der Waals surface area (Å²) in [5.41, 5.74) is 0.0632. The van der Waals surface area contributed by atoms with E-state index in [-0.39, 0.29) is 24.5 Å². The number of nitrogens with zero attached hydrogens (tertiary/aromatic N) is 2. The minimum absolute atomic E-state index is 0.0632. The number of carboxylic acid groups (broad SMARTS) is 1. The second kappa shape index (κ2) is 5.29. The maximum absolute atomic E-state index is 11.4. The minimum Gasteiger partial charge on any atom is -0.477 e. The highest BCUT2D eigenvalue weighted by Crippen LogP contribution is 2.10. The van der Waals surface area contributed by atoms with Crippen molar-refractivity contribution >= 4 is 17.6 Å². The molecule has 0 atom stereocenters. The van der Waals surface area contributed by atoms with Gasteiger partial charge in [0.25, 0.3) is 0 Å². The first-order valence-corrected chi connectivity index (χ1v) is 4.87. The maximum atomic E-state index is 11.4.